The van der Waals surface area contributed by atoms with Gasteiger partial charge in [-0.25, -0.2) is 5.43 Å². The molecule has 1 N–H and O–H groups in total. The van der Waals surface area contributed by atoms with Crippen LogP contribution in [0.4, 0.5) is 0 Å². The molecule has 27 heavy (non-hydrogen) atoms. The highest BCUT2D eigenvalue weighted by Crippen LogP contribution is 2.30. The van der Waals surface area contributed by atoms with Crippen LogP contribution in [0.3, 0.4) is 0 Å². The maximum absolute atomic E-state index is 12.2. The van der Waals surface area contributed by atoms with E-state index in [9.17, 15) is 4.79 Å². The molecule has 0 fully saturated rings. The van der Waals surface area contributed by atoms with Crippen molar-refractivity contribution in [2.24, 2.45) is 5.10 Å². The van der Waals surface area contributed by atoms with Gasteiger partial charge >= 0.3 is 0 Å². The number of rotatable bonds is 4. The van der Waals surface area contributed by atoms with Gasteiger partial charge in [0.15, 0.2) is 11.5 Å². The number of carbonyl (C=O) groups excluding carboxylic acids is 1. The summed E-state index contributed by atoms with van der Waals surface area (Å²) in [7, 11) is 0. The van der Waals surface area contributed by atoms with Crippen molar-refractivity contribution in [3.8, 4) is 22.8 Å². The Morgan fingerprint density at radius 3 is 2.67 bits per heavy atom. The van der Waals surface area contributed by atoms with Crippen LogP contribution in [0.2, 0.25) is 0 Å². The number of hydrazone groups is 1. The number of amides is 1. The molecule has 1 atom stereocenters. The van der Waals surface area contributed by atoms with Crippen molar-refractivity contribution < 1.29 is 18.7 Å². The summed E-state index contributed by atoms with van der Waals surface area (Å²) in [6, 6.07) is 18.9. The maximum atomic E-state index is 12.2. The molecular weight excluding hydrogens is 459 g/mol. The SMILES string of the molecule is O=C(N/N=C/c1ccc(-c2ccc(I)cc2)o1)C1COc2ccccc2O1. The molecule has 6 nitrogen and oxygen atoms in total. The van der Waals surface area contributed by atoms with Gasteiger partial charge in [0, 0.05) is 9.13 Å². The third-order valence-corrected chi connectivity index (χ3v) is 4.64. The largest absolute Gasteiger partial charge is 0.485 e. The molecule has 2 aromatic carbocycles. The molecule has 0 aliphatic carbocycles. The quantitative estimate of drug-likeness (QED) is 0.355. The van der Waals surface area contributed by atoms with E-state index < -0.39 is 6.10 Å². The van der Waals surface area contributed by atoms with E-state index in [4.69, 9.17) is 13.9 Å². The van der Waals surface area contributed by atoms with Crippen molar-refractivity contribution in [2.45, 2.75) is 6.10 Å². The summed E-state index contributed by atoms with van der Waals surface area (Å²) in [6.45, 7) is 0.135. The number of hydrogen-bond acceptors (Lipinski definition) is 5. The Balaban J connectivity index is 1.36. The molecular formula is C20H15IN2O4. The standard InChI is InChI=1S/C20H15IN2O4/c21-14-7-5-13(6-8-14)16-10-9-15(26-16)11-22-23-20(24)19-12-25-17-3-1-2-4-18(17)27-19/h1-11,19H,12H2,(H,23,24)/b22-11+. The van der Waals surface area contributed by atoms with Crippen LogP contribution >= 0.6 is 22.6 Å². The number of fused-ring (bicyclic) bond motifs is 1. The summed E-state index contributed by atoms with van der Waals surface area (Å²) >= 11 is 2.25. The lowest BCUT2D eigenvalue weighted by Gasteiger charge is -2.24. The summed E-state index contributed by atoms with van der Waals surface area (Å²) in [6.07, 6.45) is 0.696. The minimum atomic E-state index is -0.754. The first kappa shape index (κ1) is 17.6. The monoisotopic (exact) mass is 474 g/mol. The molecule has 4 rings (SSSR count). The zero-order valence-corrected chi connectivity index (χ0v) is 16.3. The lowest BCUT2D eigenvalue weighted by Crippen LogP contribution is -2.42. The van der Waals surface area contributed by atoms with Gasteiger partial charge in [-0.15, -0.1) is 0 Å². The first-order chi connectivity index (χ1) is 13.2. The van der Waals surface area contributed by atoms with Gasteiger partial charge < -0.3 is 13.9 Å². The Labute approximate surface area is 169 Å². The summed E-state index contributed by atoms with van der Waals surface area (Å²) in [5.74, 6) is 2.06. The van der Waals surface area contributed by atoms with Crippen molar-refractivity contribution in [2.75, 3.05) is 6.61 Å². The number of ether oxygens (including phenoxy) is 2. The van der Waals surface area contributed by atoms with Crippen LogP contribution in [0.5, 0.6) is 11.5 Å². The normalized spacial score (nSPS) is 15.7. The molecule has 1 aromatic heterocycles. The van der Waals surface area contributed by atoms with Gasteiger partial charge in [-0.05, 0) is 59.0 Å². The fourth-order valence-corrected chi connectivity index (χ4v) is 2.93. The van der Waals surface area contributed by atoms with E-state index in [2.05, 4.69) is 33.1 Å². The van der Waals surface area contributed by atoms with Crippen LogP contribution in [0.1, 0.15) is 5.76 Å². The Bertz CT molecular complexity index is 982. The maximum Gasteiger partial charge on any atom is 0.284 e. The van der Waals surface area contributed by atoms with Crippen LogP contribution in [0, 0.1) is 3.57 Å². The second kappa shape index (κ2) is 7.83. The molecule has 1 unspecified atom stereocenters. The molecule has 0 bridgehead atoms. The van der Waals surface area contributed by atoms with E-state index in [1.54, 1.807) is 18.2 Å². The molecule has 7 heteroatoms. The number of halogens is 1. The smallest absolute Gasteiger partial charge is 0.284 e. The number of nitrogens with one attached hydrogen (secondary N) is 1. The van der Waals surface area contributed by atoms with E-state index in [0.29, 0.717) is 17.3 Å². The third-order valence-electron chi connectivity index (χ3n) is 3.92. The average molecular weight is 474 g/mol. The van der Waals surface area contributed by atoms with Gasteiger partial charge in [0.2, 0.25) is 6.10 Å². The summed E-state index contributed by atoms with van der Waals surface area (Å²) < 4.78 is 18.0. The molecule has 136 valence electrons. The van der Waals surface area contributed by atoms with Crippen LogP contribution in [0.25, 0.3) is 11.3 Å². The fourth-order valence-electron chi connectivity index (χ4n) is 2.57. The molecule has 0 spiro atoms. The summed E-state index contributed by atoms with van der Waals surface area (Å²) in [5.41, 5.74) is 3.43. The molecule has 0 saturated carbocycles. The Morgan fingerprint density at radius 2 is 1.85 bits per heavy atom. The third kappa shape index (κ3) is 4.13. The second-order valence-corrected chi connectivity index (χ2v) is 7.05. The number of carbonyl (C=O) groups is 1. The van der Waals surface area contributed by atoms with Gasteiger partial charge in [-0.1, -0.05) is 24.3 Å². The van der Waals surface area contributed by atoms with Crippen LogP contribution in [-0.4, -0.2) is 24.8 Å². The number of furan rings is 1. The molecule has 1 aliphatic heterocycles. The minimum absolute atomic E-state index is 0.135. The Morgan fingerprint density at radius 1 is 1.07 bits per heavy atom. The molecule has 1 amide bonds. The van der Waals surface area contributed by atoms with Crippen molar-refractivity contribution in [3.63, 3.8) is 0 Å². The average Bonchev–Trinajstić information content (AvgIpc) is 3.17. The van der Waals surface area contributed by atoms with Crippen molar-refractivity contribution >= 4 is 34.7 Å². The van der Waals surface area contributed by atoms with Gasteiger partial charge in [-0.3, -0.25) is 4.79 Å². The minimum Gasteiger partial charge on any atom is -0.485 e. The van der Waals surface area contributed by atoms with Crippen LogP contribution in [0.15, 0.2) is 70.2 Å². The first-order valence-electron chi connectivity index (χ1n) is 8.26. The van der Waals surface area contributed by atoms with E-state index in [1.165, 1.54) is 6.21 Å². The molecule has 1 aliphatic rings. The zero-order valence-electron chi connectivity index (χ0n) is 14.1. The predicted octanol–water partition coefficient (Wildman–Crippen LogP) is 3.84. The van der Waals surface area contributed by atoms with Crippen molar-refractivity contribution in [1.29, 1.82) is 0 Å². The highest BCUT2D eigenvalue weighted by molar-refractivity contribution is 14.1. The lowest BCUT2D eigenvalue weighted by molar-refractivity contribution is -0.130. The summed E-state index contributed by atoms with van der Waals surface area (Å²) in [4.78, 5) is 12.2. The van der Waals surface area contributed by atoms with Gasteiger partial charge in [0.05, 0.1) is 6.21 Å². The topological polar surface area (TPSA) is 73.1 Å². The van der Waals surface area contributed by atoms with Crippen molar-refractivity contribution in [1.82, 2.24) is 5.43 Å². The van der Waals surface area contributed by atoms with Gasteiger partial charge in [0.1, 0.15) is 18.1 Å². The lowest BCUT2D eigenvalue weighted by atomic mass is 10.2. The first-order valence-corrected chi connectivity index (χ1v) is 9.34. The Hall–Kier alpha value is -2.81. The van der Waals surface area contributed by atoms with E-state index in [-0.39, 0.29) is 12.5 Å². The van der Waals surface area contributed by atoms with Crippen LogP contribution < -0.4 is 14.9 Å². The van der Waals surface area contributed by atoms with E-state index in [0.717, 1.165) is 14.9 Å². The van der Waals surface area contributed by atoms with Crippen LogP contribution in [-0.2, 0) is 4.79 Å². The highest BCUT2D eigenvalue weighted by atomic mass is 127. The van der Waals surface area contributed by atoms with E-state index in [1.807, 2.05) is 42.5 Å². The zero-order chi connectivity index (χ0) is 18.6. The molecule has 0 radical (unpaired) electrons. The summed E-state index contributed by atoms with van der Waals surface area (Å²) in [5, 5.41) is 3.94. The van der Waals surface area contributed by atoms with Crippen molar-refractivity contribution in [3.05, 3.63) is 70.0 Å². The highest BCUT2D eigenvalue weighted by Gasteiger charge is 2.26. The molecule has 3 aromatic rings. The van der Waals surface area contributed by atoms with Gasteiger partial charge in [0.25, 0.3) is 5.91 Å². The number of benzene rings is 2. The van der Waals surface area contributed by atoms with Gasteiger partial charge in [-0.2, -0.15) is 5.10 Å². The predicted molar refractivity (Wildman–Crippen MR) is 109 cm³/mol. The number of para-hydroxylation sites is 2. The number of nitrogens with zero attached hydrogens (tertiary/aromatic N) is 1. The molecule has 2 heterocycles. The number of hydrogen-bond donors (Lipinski definition) is 1. The Kier molecular flexibility index (Phi) is 5.10. The van der Waals surface area contributed by atoms with E-state index >= 15 is 0 Å². The fraction of sp³-hybridized carbons (Fsp3) is 0.100. The second-order valence-electron chi connectivity index (χ2n) is 5.81. The molecule has 0 saturated heterocycles.